The Morgan fingerprint density at radius 1 is 1.56 bits per heavy atom. The summed E-state index contributed by atoms with van der Waals surface area (Å²) >= 11 is 0. The van der Waals surface area contributed by atoms with Crippen LogP contribution in [0.25, 0.3) is 0 Å². The maximum absolute atomic E-state index is 10.6. The first kappa shape index (κ1) is 8.73. The lowest BCUT2D eigenvalue weighted by Crippen LogP contribution is -2.23. The van der Waals surface area contributed by atoms with Crippen molar-refractivity contribution in [3.8, 4) is 0 Å². The summed E-state index contributed by atoms with van der Waals surface area (Å²) in [5.74, 6) is 0. The molecule has 0 spiro atoms. The van der Waals surface area contributed by atoms with E-state index < -0.39 is 0 Å². The number of carbonyl (C=O) groups is 1. The molecule has 0 rings (SSSR count). The minimum Gasteiger partial charge on any atom is -0.312 e. The highest BCUT2D eigenvalue weighted by molar-refractivity contribution is 6.58. The fourth-order valence-electron chi connectivity index (χ4n) is 0.748. The Morgan fingerprint density at radius 2 is 2.00 bits per heavy atom. The van der Waals surface area contributed by atoms with Gasteiger partial charge in [-0.15, -0.1) is 0 Å². The molecule has 0 aromatic rings. The second kappa shape index (κ2) is 3.04. The fourth-order valence-corrected chi connectivity index (χ4v) is 0.748. The molecule has 0 amide bonds. The second-order valence-corrected chi connectivity index (χ2v) is 3.00. The van der Waals surface area contributed by atoms with Gasteiger partial charge in [0, 0.05) is 5.41 Å². The molecule has 2 radical (unpaired) electrons. The van der Waals surface area contributed by atoms with Gasteiger partial charge >= 0.3 is 0 Å². The fraction of sp³-hybridized carbons (Fsp3) is 0.857. The number of hydrogen-bond acceptors (Lipinski definition) is 1. The monoisotopic (exact) mass is 124 g/mol. The Hall–Kier alpha value is -0.265. The van der Waals surface area contributed by atoms with Crippen molar-refractivity contribution in [2.45, 2.75) is 33.6 Å². The average Bonchev–Trinajstić information content (AvgIpc) is 1.65. The van der Waals surface area contributed by atoms with Crippen LogP contribution in [0.5, 0.6) is 0 Å². The van der Waals surface area contributed by atoms with Crippen LogP contribution in [0.4, 0.5) is 0 Å². The minimum atomic E-state index is -0.311. The van der Waals surface area contributed by atoms with Crippen molar-refractivity contribution < 1.29 is 4.79 Å². The topological polar surface area (TPSA) is 17.1 Å². The molecule has 9 heavy (non-hydrogen) atoms. The Kier molecular flexibility index (Phi) is 2.95. The molecule has 0 unspecified atom stereocenters. The first-order valence-corrected chi connectivity index (χ1v) is 3.30. The summed E-state index contributed by atoms with van der Waals surface area (Å²) in [6, 6.07) is 0. The summed E-state index contributed by atoms with van der Waals surface area (Å²) in [5.41, 5.74) is -0.515. The highest BCUT2D eigenvalue weighted by Crippen LogP contribution is 2.21. The first-order valence-electron chi connectivity index (χ1n) is 3.30. The third kappa shape index (κ3) is 2.68. The molecule has 0 aliphatic heterocycles. The smallest absolute Gasteiger partial charge is 0.168 e. The number of carbonyl (C=O) groups excluding carboxylic acids is 1. The van der Waals surface area contributed by atoms with E-state index >= 15 is 0 Å². The van der Waals surface area contributed by atoms with E-state index in [4.69, 9.17) is 7.85 Å². The van der Waals surface area contributed by atoms with E-state index in [0.29, 0.717) is 0 Å². The highest BCUT2D eigenvalue weighted by atomic mass is 16.1. The van der Waals surface area contributed by atoms with Crippen LogP contribution in [0.1, 0.15) is 33.6 Å². The summed E-state index contributed by atoms with van der Waals surface area (Å²) in [7, 11) is 5.12. The van der Waals surface area contributed by atoms with Crippen LogP contribution < -0.4 is 0 Å². The van der Waals surface area contributed by atoms with Gasteiger partial charge in [0.15, 0.2) is 7.85 Å². The van der Waals surface area contributed by atoms with Gasteiger partial charge in [0.2, 0.25) is 0 Å². The standard InChI is InChI=1S/C7H13BO/c1-4-5-7(2,3)6(8)9/h4-5H2,1-3H3. The van der Waals surface area contributed by atoms with Crippen LogP contribution in [0.2, 0.25) is 0 Å². The number of hydrogen-bond donors (Lipinski definition) is 0. The predicted molar refractivity (Wildman–Crippen MR) is 39.5 cm³/mol. The molecule has 0 aromatic heterocycles. The zero-order chi connectivity index (χ0) is 7.49. The molecule has 0 aliphatic rings. The Morgan fingerprint density at radius 3 is 2.11 bits per heavy atom. The van der Waals surface area contributed by atoms with Gasteiger partial charge in [0.1, 0.15) is 0 Å². The molecule has 0 saturated carbocycles. The summed E-state index contributed by atoms with van der Waals surface area (Å²) in [6.45, 7) is 5.79. The van der Waals surface area contributed by atoms with Crippen LogP contribution in [0.15, 0.2) is 0 Å². The Bertz CT molecular complexity index is 107. The van der Waals surface area contributed by atoms with Crippen molar-refractivity contribution in [1.29, 1.82) is 0 Å². The van der Waals surface area contributed by atoms with Gasteiger partial charge in [-0.3, -0.25) is 0 Å². The van der Waals surface area contributed by atoms with E-state index in [1.165, 1.54) is 0 Å². The summed E-state index contributed by atoms with van der Waals surface area (Å²) in [5, 5.41) is 0. The quantitative estimate of drug-likeness (QED) is 0.521. The van der Waals surface area contributed by atoms with Crippen LogP contribution in [0, 0.1) is 5.41 Å². The molecule has 0 N–H and O–H groups in total. The van der Waals surface area contributed by atoms with Gasteiger partial charge < -0.3 is 4.79 Å². The van der Waals surface area contributed by atoms with Gasteiger partial charge in [-0.2, -0.15) is 0 Å². The molecule has 0 aliphatic carbocycles. The molecule has 2 heteroatoms. The van der Waals surface area contributed by atoms with E-state index in [0.717, 1.165) is 12.8 Å². The van der Waals surface area contributed by atoms with Gasteiger partial charge in [0.25, 0.3) is 0 Å². The van der Waals surface area contributed by atoms with Crippen molar-refractivity contribution in [2.75, 3.05) is 0 Å². The van der Waals surface area contributed by atoms with Gasteiger partial charge in [0.05, 0.1) is 5.68 Å². The van der Waals surface area contributed by atoms with Gasteiger partial charge in [-0.1, -0.05) is 27.2 Å². The van der Waals surface area contributed by atoms with Crippen LogP contribution in [-0.4, -0.2) is 13.5 Å². The molecule has 1 nitrogen and oxygen atoms in total. The first-order chi connectivity index (χ1) is 4.00. The van der Waals surface area contributed by atoms with Crippen molar-refractivity contribution in [2.24, 2.45) is 5.41 Å². The lowest BCUT2D eigenvalue weighted by atomic mass is 9.75. The predicted octanol–water partition coefficient (Wildman–Crippen LogP) is 1.51. The van der Waals surface area contributed by atoms with Crippen molar-refractivity contribution in [3.05, 3.63) is 0 Å². The van der Waals surface area contributed by atoms with E-state index in [1.54, 1.807) is 0 Å². The van der Waals surface area contributed by atoms with Crippen molar-refractivity contribution >= 4 is 13.5 Å². The average molecular weight is 124 g/mol. The third-order valence-corrected chi connectivity index (χ3v) is 1.54. The molecule has 0 heterocycles. The lowest BCUT2D eigenvalue weighted by Gasteiger charge is -2.19. The van der Waals surface area contributed by atoms with Crippen LogP contribution in [-0.2, 0) is 4.79 Å². The molecular formula is C7H13BO. The lowest BCUT2D eigenvalue weighted by molar-refractivity contribution is -0.119. The molecule has 0 bridgehead atoms. The third-order valence-electron chi connectivity index (χ3n) is 1.54. The highest BCUT2D eigenvalue weighted by Gasteiger charge is 2.20. The molecule has 0 aromatic carbocycles. The summed E-state index contributed by atoms with van der Waals surface area (Å²) in [4.78, 5) is 10.6. The van der Waals surface area contributed by atoms with Crippen LogP contribution >= 0.6 is 0 Å². The molecule has 50 valence electrons. The van der Waals surface area contributed by atoms with E-state index in [-0.39, 0.29) is 11.1 Å². The van der Waals surface area contributed by atoms with Gasteiger partial charge in [-0.25, -0.2) is 0 Å². The molecule has 0 atom stereocenters. The van der Waals surface area contributed by atoms with E-state index in [2.05, 4.69) is 0 Å². The minimum absolute atomic E-state index is 0.204. The summed E-state index contributed by atoms with van der Waals surface area (Å²) in [6.07, 6.45) is 1.89. The van der Waals surface area contributed by atoms with Crippen molar-refractivity contribution in [1.82, 2.24) is 0 Å². The van der Waals surface area contributed by atoms with E-state index in [9.17, 15) is 4.79 Å². The maximum atomic E-state index is 10.6. The normalized spacial score (nSPS) is 11.4. The van der Waals surface area contributed by atoms with Gasteiger partial charge in [-0.05, 0) is 6.42 Å². The van der Waals surface area contributed by atoms with Crippen molar-refractivity contribution in [3.63, 3.8) is 0 Å². The molecule has 0 saturated heterocycles. The molecule has 0 fully saturated rings. The Balaban J connectivity index is 3.85. The maximum Gasteiger partial charge on any atom is 0.168 e. The second-order valence-electron chi connectivity index (χ2n) is 3.00. The molecular weight excluding hydrogens is 111 g/mol. The SMILES string of the molecule is [B]C(=O)C(C)(C)CCC. The number of rotatable bonds is 3. The Labute approximate surface area is 58.2 Å². The zero-order valence-corrected chi connectivity index (χ0v) is 6.40. The van der Waals surface area contributed by atoms with Crippen LogP contribution in [0.3, 0.4) is 0 Å². The zero-order valence-electron chi connectivity index (χ0n) is 6.40. The largest absolute Gasteiger partial charge is 0.312 e. The van der Waals surface area contributed by atoms with E-state index in [1.807, 2.05) is 20.8 Å². The summed E-state index contributed by atoms with van der Waals surface area (Å²) < 4.78 is 0.